The van der Waals surface area contributed by atoms with Crippen LogP contribution in [0.15, 0.2) is 61.3 Å². The van der Waals surface area contributed by atoms with E-state index < -0.39 is 5.82 Å². The molecule has 0 radical (unpaired) electrons. The fourth-order valence-electron chi connectivity index (χ4n) is 3.53. The molecule has 0 aliphatic carbocycles. The van der Waals surface area contributed by atoms with Gasteiger partial charge in [-0.3, -0.25) is 4.98 Å². The molecule has 2 aromatic heterocycles. The van der Waals surface area contributed by atoms with E-state index in [9.17, 15) is 9.18 Å². The molecule has 1 fully saturated rings. The number of urea groups is 1. The molecule has 7 heteroatoms. The lowest BCUT2D eigenvalue weighted by molar-refractivity contribution is 0.194. The Kier molecular flexibility index (Phi) is 5.23. The van der Waals surface area contributed by atoms with E-state index in [1.807, 2.05) is 18.3 Å². The van der Waals surface area contributed by atoms with Gasteiger partial charge in [0.1, 0.15) is 12.1 Å². The van der Waals surface area contributed by atoms with Crippen molar-refractivity contribution in [1.82, 2.24) is 19.9 Å². The Morgan fingerprint density at radius 1 is 1.07 bits per heavy atom. The second-order valence-electron chi connectivity index (χ2n) is 6.73. The Labute approximate surface area is 162 Å². The normalized spacial score (nSPS) is 14.7. The molecule has 1 N–H and O–H groups in total. The first-order valence-electron chi connectivity index (χ1n) is 9.23. The van der Waals surface area contributed by atoms with Crippen LogP contribution in [0.3, 0.4) is 0 Å². The highest BCUT2D eigenvalue weighted by Gasteiger charge is 2.27. The van der Waals surface area contributed by atoms with Crippen LogP contribution in [0.5, 0.6) is 0 Å². The maximum absolute atomic E-state index is 13.8. The van der Waals surface area contributed by atoms with E-state index in [4.69, 9.17) is 0 Å². The maximum Gasteiger partial charge on any atom is 0.321 e. The quantitative estimate of drug-likeness (QED) is 0.746. The average molecular weight is 377 g/mol. The number of nitrogens with one attached hydrogen (secondary N) is 1. The number of aromatic nitrogens is 3. The third-order valence-corrected chi connectivity index (χ3v) is 5.02. The number of nitrogens with zero attached hydrogens (tertiary/aromatic N) is 4. The van der Waals surface area contributed by atoms with Crippen molar-refractivity contribution in [2.45, 2.75) is 18.8 Å². The molecule has 6 nitrogen and oxygen atoms in total. The summed E-state index contributed by atoms with van der Waals surface area (Å²) in [6.07, 6.45) is 8.48. The van der Waals surface area contributed by atoms with Crippen LogP contribution in [0.2, 0.25) is 0 Å². The molecule has 0 spiro atoms. The predicted molar refractivity (Wildman–Crippen MR) is 104 cm³/mol. The third kappa shape index (κ3) is 3.83. The van der Waals surface area contributed by atoms with E-state index in [1.54, 1.807) is 41.8 Å². The molecule has 1 aliphatic heterocycles. The van der Waals surface area contributed by atoms with Gasteiger partial charge in [-0.1, -0.05) is 12.1 Å². The van der Waals surface area contributed by atoms with Gasteiger partial charge in [-0.15, -0.1) is 0 Å². The number of hydrogen-bond acceptors (Lipinski definition) is 4. The van der Waals surface area contributed by atoms with Crippen LogP contribution in [-0.2, 0) is 0 Å². The van der Waals surface area contributed by atoms with Crippen LogP contribution >= 0.6 is 0 Å². The molecule has 1 aromatic carbocycles. The van der Waals surface area contributed by atoms with Crippen molar-refractivity contribution in [3.8, 4) is 11.1 Å². The van der Waals surface area contributed by atoms with Gasteiger partial charge in [-0.05, 0) is 42.7 Å². The number of anilines is 1. The smallest absolute Gasteiger partial charge is 0.321 e. The van der Waals surface area contributed by atoms with Gasteiger partial charge < -0.3 is 10.2 Å². The fourth-order valence-corrected chi connectivity index (χ4v) is 3.53. The van der Waals surface area contributed by atoms with Crippen molar-refractivity contribution in [2.75, 3.05) is 18.4 Å². The first kappa shape index (κ1) is 18.0. The van der Waals surface area contributed by atoms with Crippen LogP contribution in [-0.4, -0.2) is 39.0 Å². The van der Waals surface area contributed by atoms with Gasteiger partial charge in [0.15, 0.2) is 0 Å². The van der Waals surface area contributed by atoms with Gasteiger partial charge in [-0.2, -0.15) is 0 Å². The number of piperidine rings is 1. The lowest BCUT2D eigenvalue weighted by Crippen LogP contribution is -2.40. The Morgan fingerprint density at radius 2 is 1.82 bits per heavy atom. The zero-order valence-electron chi connectivity index (χ0n) is 15.3. The zero-order chi connectivity index (χ0) is 19.3. The summed E-state index contributed by atoms with van der Waals surface area (Å²) in [5.41, 5.74) is 3.23. The van der Waals surface area contributed by atoms with Crippen LogP contribution in [0, 0.1) is 5.82 Å². The van der Waals surface area contributed by atoms with E-state index in [0.29, 0.717) is 13.1 Å². The molecule has 28 heavy (non-hydrogen) atoms. The van der Waals surface area contributed by atoms with Crippen molar-refractivity contribution in [3.63, 3.8) is 0 Å². The van der Waals surface area contributed by atoms with Gasteiger partial charge in [0.25, 0.3) is 0 Å². The number of para-hydroxylation sites is 1. The molecule has 3 aromatic rings. The van der Waals surface area contributed by atoms with Crippen molar-refractivity contribution in [2.24, 2.45) is 0 Å². The molecule has 2 amide bonds. The first-order valence-corrected chi connectivity index (χ1v) is 9.23. The number of hydrogen-bond donors (Lipinski definition) is 1. The summed E-state index contributed by atoms with van der Waals surface area (Å²) >= 11 is 0. The Hall–Kier alpha value is -3.35. The number of carbonyl (C=O) groups is 1. The highest BCUT2D eigenvalue weighted by atomic mass is 19.1. The van der Waals surface area contributed by atoms with Crippen molar-refractivity contribution < 1.29 is 9.18 Å². The minimum atomic E-state index is -0.436. The monoisotopic (exact) mass is 377 g/mol. The fraction of sp³-hybridized carbons (Fsp3) is 0.238. The summed E-state index contributed by atoms with van der Waals surface area (Å²) in [6.45, 7) is 1.18. The molecule has 0 unspecified atom stereocenters. The number of rotatable bonds is 3. The minimum absolute atomic E-state index is 0.199. The number of benzene rings is 1. The Morgan fingerprint density at radius 3 is 2.57 bits per heavy atom. The maximum atomic E-state index is 13.8. The molecule has 142 valence electrons. The van der Waals surface area contributed by atoms with Crippen molar-refractivity contribution in [3.05, 3.63) is 72.8 Å². The van der Waals surface area contributed by atoms with E-state index in [1.165, 1.54) is 6.07 Å². The van der Waals surface area contributed by atoms with E-state index in [-0.39, 0.29) is 17.6 Å². The number of likely N-dealkylation sites (tertiary alicyclic amines) is 1. The molecule has 4 rings (SSSR count). The summed E-state index contributed by atoms with van der Waals surface area (Å²) in [6, 6.07) is 9.79. The predicted octanol–water partition coefficient (Wildman–Crippen LogP) is 4.09. The molecular formula is C21H20FN5O. The van der Waals surface area contributed by atoms with E-state index in [2.05, 4.69) is 20.3 Å². The van der Waals surface area contributed by atoms with Crippen LogP contribution in [0.1, 0.15) is 24.5 Å². The zero-order valence-corrected chi connectivity index (χ0v) is 15.3. The molecule has 3 heterocycles. The average Bonchev–Trinajstić information content (AvgIpc) is 2.76. The Bertz CT molecular complexity index is 958. The summed E-state index contributed by atoms with van der Waals surface area (Å²) in [5, 5.41) is 2.65. The van der Waals surface area contributed by atoms with E-state index in [0.717, 1.165) is 29.7 Å². The lowest BCUT2D eigenvalue weighted by Gasteiger charge is -2.32. The third-order valence-electron chi connectivity index (χ3n) is 5.02. The molecule has 0 atom stereocenters. The SMILES string of the molecule is O=C(Nc1ccccc1F)N1CCC(c2ncncc2-c2ccncc2)CC1. The van der Waals surface area contributed by atoms with Gasteiger partial charge in [-0.25, -0.2) is 19.2 Å². The first-order chi connectivity index (χ1) is 13.7. The van der Waals surface area contributed by atoms with E-state index >= 15 is 0 Å². The summed E-state index contributed by atoms with van der Waals surface area (Å²) in [5.74, 6) is -0.197. The molecular weight excluding hydrogens is 357 g/mol. The topological polar surface area (TPSA) is 71.0 Å². The molecule has 0 bridgehead atoms. The minimum Gasteiger partial charge on any atom is -0.324 e. The van der Waals surface area contributed by atoms with Crippen molar-refractivity contribution in [1.29, 1.82) is 0 Å². The lowest BCUT2D eigenvalue weighted by atomic mass is 9.89. The highest BCUT2D eigenvalue weighted by Crippen LogP contribution is 2.33. The largest absolute Gasteiger partial charge is 0.324 e. The van der Waals surface area contributed by atoms with Gasteiger partial charge in [0.05, 0.1) is 11.4 Å². The van der Waals surface area contributed by atoms with Gasteiger partial charge in [0, 0.05) is 43.2 Å². The molecule has 0 saturated carbocycles. The molecule has 1 aliphatic rings. The number of pyridine rings is 1. The van der Waals surface area contributed by atoms with Crippen LogP contribution < -0.4 is 5.32 Å². The summed E-state index contributed by atoms with van der Waals surface area (Å²) in [4.78, 5) is 27.0. The second kappa shape index (κ2) is 8.12. The van der Waals surface area contributed by atoms with Crippen LogP contribution in [0.25, 0.3) is 11.1 Å². The van der Waals surface area contributed by atoms with Gasteiger partial charge in [0.2, 0.25) is 0 Å². The number of amides is 2. The molecule has 1 saturated heterocycles. The number of carbonyl (C=O) groups excluding carboxylic acids is 1. The summed E-state index contributed by atoms with van der Waals surface area (Å²) in [7, 11) is 0. The second-order valence-corrected chi connectivity index (χ2v) is 6.73. The van der Waals surface area contributed by atoms with Crippen LogP contribution in [0.4, 0.5) is 14.9 Å². The Balaban J connectivity index is 1.44. The van der Waals surface area contributed by atoms with Crippen molar-refractivity contribution >= 4 is 11.7 Å². The van der Waals surface area contributed by atoms with Gasteiger partial charge >= 0.3 is 6.03 Å². The summed E-state index contributed by atoms with van der Waals surface area (Å²) < 4.78 is 13.8. The number of halogens is 1. The standard InChI is InChI=1S/C21H20FN5O/c22-18-3-1-2-4-19(18)26-21(28)27-11-7-16(8-12-27)20-17(13-24-14-25-20)15-5-9-23-10-6-15/h1-6,9-10,13-14,16H,7-8,11-12H2,(H,26,28). The highest BCUT2D eigenvalue weighted by molar-refractivity contribution is 5.89.